The van der Waals surface area contributed by atoms with E-state index < -0.39 is 23.9 Å². The summed E-state index contributed by atoms with van der Waals surface area (Å²) in [5.74, 6) is -0.110. The second-order valence-corrected chi connectivity index (χ2v) is 12.5. The third kappa shape index (κ3) is 14.1. The highest BCUT2D eigenvalue weighted by Crippen LogP contribution is 2.26. The molecular formula is C42H48O10. The molecule has 1 aliphatic carbocycles. The highest BCUT2D eigenvalue weighted by Gasteiger charge is 2.20. The number of hydrogen-bond acceptors (Lipinski definition) is 10. The van der Waals surface area contributed by atoms with Crippen LogP contribution in [0.3, 0.4) is 0 Å². The average molecular weight is 713 g/mol. The minimum absolute atomic E-state index is 0.0410. The molecule has 10 nitrogen and oxygen atoms in total. The lowest BCUT2D eigenvalue weighted by atomic mass is 9.98. The molecule has 0 aliphatic heterocycles. The summed E-state index contributed by atoms with van der Waals surface area (Å²) >= 11 is 0. The number of carbonyl (C=O) groups is 4. The van der Waals surface area contributed by atoms with Gasteiger partial charge in [-0.2, -0.15) is 0 Å². The molecule has 1 aliphatic rings. The number of rotatable bonds is 21. The second-order valence-electron chi connectivity index (χ2n) is 12.5. The van der Waals surface area contributed by atoms with Gasteiger partial charge in [-0.25, -0.2) is 14.4 Å². The fraction of sp³-hybridized carbons (Fsp3) is 0.381. The van der Waals surface area contributed by atoms with E-state index in [2.05, 4.69) is 13.2 Å². The Bertz CT molecular complexity index is 1600. The summed E-state index contributed by atoms with van der Waals surface area (Å²) in [5.41, 5.74) is 2.49. The van der Waals surface area contributed by atoms with E-state index in [1.54, 1.807) is 36.4 Å². The summed E-state index contributed by atoms with van der Waals surface area (Å²) < 4.78 is 32.7. The average Bonchev–Trinajstić information content (AvgIpc) is 3.16. The first-order valence-corrected chi connectivity index (χ1v) is 17.9. The number of benzene rings is 3. The van der Waals surface area contributed by atoms with Crippen LogP contribution in [0.5, 0.6) is 17.2 Å². The number of esters is 4. The maximum Gasteiger partial charge on any atom is 0.343 e. The van der Waals surface area contributed by atoms with Crippen molar-refractivity contribution >= 4 is 23.9 Å². The lowest BCUT2D eigenvalue weighted by molar-refractivity contribution is -0.151. The molecule has 52 heavy (non-hydrogen) atoms. The van der Waals surface area contributed by atoms with Gasteiger partial charge in [0.1, 0.15) is 23.4 Å². The van der Waals surface area contributed by atoms with Crippen molar-refractivity contribution in [2.24, 2.45) is 0 Å². The zero-order valence-corrected chi connectivity index (χ0v) is 29.7. The van der Waals surface area contributed by atoms with Gasteiger partial charge in [0.2, 0.25) is 0 Å². The molecule has 276 valence electrons. The highest BCUT2D eigenvalue weighted by atomic mass is 16.6. The van der Waals surface area contributed by atoms with Crippen LogP contribution in [0, 0.1) is 0 Å². The van der Waals surface area contributed by atoms with Crippen LogP contribution < -0.4 is 14.2 Å². The normalized spacial score (nSPS) is 12.6. The predicted molar refractivity (Wildman–Crippen MR) is 196 cm³/mol. The van der Waals surface area contributed by atoms with Gasteiger partial charge in [-0.3, -0.25) is 4.79 Å². The van der Waals surface area contributed by atoms with E-state index in [-0.39, 0.29) is 31.3 Å². The molecule has 0 heterocycles. The van der Waals surface area contributed by atoms with Gasteiger partial charge in [-0.1, -0.05) is 43.8 Å². The summed E-state index contributed by atoms with van der Waals surface area (Å²) in [5, 5.41) is 0. The first-order valence-electron chi connectivity index (χ1n) is 17.9. The van der Waals surface area contributed by atoms with Gasteiger partial charge in [0.25, 0.3) is 0 Å². The van der Waals surface area contributed by atoms with Gasteiger partial charge in [-0.15, -0.1) is 0 Å². The molecule has 0 bridgehead atoms. The standard InChI is InChI=1S/C42H48O10/c1-3-39(43)49-29-11-28-48-36-22-18-34(19-23-36)42(46)52-38-24-16-33(17-25-38)32-14-20-35(21-15-32)47-26-9-4-5-10-27-50-41(45)31(2)30-40(44)51-37-12-7-6-8-13-37/h3,14-25,37H,1-2,4-13,26-30H2. The largest absolute Gasteiger partial charge is 0.494 e. The highest BCUT2D eigenvalue weighted by molar-refractivity contribution is 5.93. The Morgan fingerprint density at radius 3 is 1.79 bits per heavy atom. The number of ether oxygens (including phenoxy) is 6. The van der Waals surface area contributed by atoms with E-state index in [1.807, 2.05) is 36.4 Å². The number of hydrogen-bond donors (Lipinski definition) is 0. The van der Waals surface area contributed by atoms with Crippen LogP contribution in [-0.2, 0) is 28.6 Å². The molecule has 3 aromatic rings. The summed E-state index contributed by atoms with van der Waals surface area (Å²) in [7, 11) is 0. The Morgan fingerprint density at radius 2 is 1.17 bits per heavy atom. The zero-order valence-electron chi connectivity index (χ0n) is 29.7. The summed E-state index contributed by atoms with van der Waals surface area (Å²) in [4.78, 5) is 47.9. The fourth-order valence-electron chi connectivity index (χ4n) is 5.46. The molecule has 0 radical (unpaired) electrons. The van der Waals surface area contributed by atoms with Crippen molar-refractivity contribution < 1.29 is 47.6 Å². The summed E-state index contributed by atoms with van der Waals surface area (Å²) in [6.07, 6.45) is 9.97. The Kier molecular flexibility index (Phi) is 16.5. The minimum Gasteiger partial charge on any atom is -0.494 e. The molecule has 0 unspecified atom stereocenters. The van der Waals surface area contributed by atoms with E-state index in [4.69, 9.17) is 28.4 Å². The lowest BCUT2D eigenvalue weighted by Gasteiger charge is -2.21. The monoisotopic (exact) mass is 712 g/mol. The van der Waals surface area contributed by atoms with E-state index in [0.29, 0.717) is 36.7 Å². The second kappa shape index (κ2) is 21.8. The molecule has 1 fully saturated rings. The van der Waals surface area contributed by atoms with Crippen LogP contribution in [0.2, 0.25) is 0 Å². The van der Waals surface area contributed by atoms with Crippen molar-refractivity contribution in [1.29, 1.82) is 0 Å². The maximum absolute atomic E-state index is 12.6. The van der Waals surface area contributed by atoms with Gasteiger partial charge >= 0.3 is 23.9 Å². The summed E-state index contributed by atoms with van der Waals surface area (Å²) in [6, 6.07) is 21.7. The Hall–Kier alpha value is -5.38. The van der Waals surface area contributed by atoms with Gasteiger partial charge < -0.3 is 28.4 Å². The Balaban J connectivity index is 1.06. The topological polar surface area (TPSA) is 124 Å². The molecule has 0 saturated heterocycles. The molecule has 0 amide bonds. The van der Waals surface area contributed by atoms with Crippen LogP contribution in [-0.4, -0.2) is 56.4 Å². The lowest BCUT2D eigenvalue weighted by Crippen LogP contribution is -2.22. The van der Waals surface area contributed by atoms with Crippen molar-refractivity contribution in [3.8, 4) is 28.4 Å². The molecule has 10 heteroatoms. The van der Waals surface area contributed by atoms with Crippen LogP contribution >= 0.6 is 0 Å². The molecule has 0 atom stereocenters. The van der Waals surface area contributed by atoms with E-state index in [9.17, 15) is 19.2 Å². The molecule has 0 spiro atoms. The molecule has 0 N–H and O–H groups in total. The molecular weight excluding hydrogens is 664 g/mol. The first kappa shape index (κ1) is 39.4. The van der Waals surface area contributed by atoms with Crippen molar-refractivity contribution in [3.05, 3.63) is 103 Å². The van der Waals surface area contributed by atoms with Crippen LogP contribution in [0.25, 0.3) is 11.1 Å². The third-order valence-electron chi connectivity index (χ3n) is 8.35. The van der Waals surface area contributed by atoms with Crippen LogP contribution in [0.4, 0.5) is 0 Å². The van der Waals surface area contributed by atoms with E-state index in [0.717, 1.165) is 74.3 Å². The number of unbranched alkanes of at least 4 members (excludes halogenated alkanes) is 3. The van der Waals surface area contributed by atoms with E-state index in [1.165, 1.54) is 6.42 Å². The van der Waals surface area contributed by atoms with Gasteiger partial charge in [0.05, 0.1) is 38.4 Å². The van der Waals surface area contributed by atoms with Crippen molar-refractivity contribution in [2.75, 3.05) is 26.4 Å². The van der Waals surface area contributed by atoms with Crippen molar-refractivity contribution in [1.82, 2.24) is 0 Å². The number of carbonyl (C=O) groups excluding carboxylic acids is 4. The van der Waals surface area contributed by atoms with Gasteiger partial charge in [0, 0.05) is 18.1 Å². The predicted octanol–water partition coefficient (Wildman–Crippen LogP) is 8.38. The van der Waals surface area contributed by atoms with Gasteiger partial charge in [-0.05, 0) is 111 Å². The zero-order chi connectivity index (χ0) is 37.0. The first-order chi connectivity index (χ1) is 25.3. The molecule has 1 saturated carbocycles. The quantitative estimate of drug-likeness (QED) is 0.0350. The van der Waals surface area contributed by atoms with Crippen molar-refractivity contribution in [2.45, 2.75) is 76.7 Å². The fourth-order valence-corrected chi connectivity index (χ4v) is 5.46. The SMILES string of the molecule is C=CC(=O)OCCCOc1ccc(C(=O)Oc2ccc(-c3ccc(OCCCCCCOC(=O)C(=C)CC(=O)OC4CCCCC4)cc3)cc2)cc1. The third-order valence-corrected chi connectivity index (χ3v) is 8.35. The minimum atomic E-state index is -0.544. The van der Waals surface area contributed by atoms with E-state index >= 15 is 0 Å². The van der Waals surface area contributed by atoms with Crippen LogP contribution in [0.15, 0.2) is 97.6 Å². The maximum atomic E-state index is 12.6. The molecule has 3 aromatic carbocycles. The Labute approximate surface area is 305 Å². The smallest absolute Gasteiger partial charge is 0.343 e. The molecule has 0 aromatic heterocycles. The van der Waals surface area contributed by atoms with Crippen molar-refractivity contribution in [3.63, 3.8) is 0 Å². The molecule has 4 rings (SSSR count). The van der Waals surface area contributed by atoms with Crippen LogP contribution in [0.1, 0.15) is 81.0 Å². The Morgan fingerprint density at radius 1 is 0.635 bits per heavy atom. The van der Waals surface area contributed by atoms with Gasteiger partial charge in [0.15, 0.2) is 0 Å². The summed E-state index contributed by atoms with van der Waals surface area (Å²) in [6.45, 7) is 8.50.